The van der Waals surface area contributed by atoms with Crippen LogP contribution in [0.4, 0.5) is 11.4 Å². The van der Waals surface area contributed by atoms with Crippen molar-refractivity contribution in [3.8, 4) is 0 Å². The predicted octanol–water partition coefficient (Wildman–Crippen LogP) is 3.78. The van der Waals surface area contributed by atoms with Crippen LogP contribution < -0.4 is 4.90 Å². The summed E-state index contributed by atoms with van der Waals surface area (Å²) in [6.07, 6.45) is 3.54. The second-order valence-corrected chi connectivity index (χ2v) is 9.18. The number of rotatable bonds is 6. The Morgan fingerprint density at radius 2 is 1.77 bits per heavy atom. The lowest BCUT2D eigenvalue weighted by molar-refractivity contribution is 0.0998. The van der Waals surface area contributed by atoms with E-state index in [-0.39, 0.29) is 12.2 Å². The molecule has 7 nitrogen and oxygen atoms in total. The average molecular weight is 465 g/mol. The smallest absolute Gasteiger partial charge is 0.171 e. The van der Waals surface area contributed by atoms with Gasteiger partial charge in [-0.2, -0.15) is 0 Å². The lowest BCUT2D eigenvalue weighted by Gasteiger charge is -2.36. The molecule has 3 aromatic rings. The average Bonchev–Trinajstić information content (AvgIpc) is 3.41. The highest BCUT2D eigenvalue weighted by Crippen LogP contribution is 2.33. The monoisotopic (exact) mass is 464 g/mol. The third-order valence-corrected chi connectivity index (χ3v) is 6.91. The van der Waals surface area contributed by atoms with Crippen molar-refractivity contribution in [3.05, 3.63) is 89.7 Å². The Bertz CT molecular complexity index is 1280. The van der Waals surface area contributed by atoms with Crippen molar-refractivity contribution in [2.45, 2.75) is 13.0 Å². The second-order valence-electron chi connectivity index (χ2n) is 9.18. The van der Waals surface area contributed by atoms with Gasteiger partial charge in [-0.3, -0.25) is 19.7 Å². The highest BCUT2D eigenvalue weighted by Gasteiger charge is 2.31. The fourth-order valence-corrected chi connectivity index (χ4v) is 5.04. The van der Waals surface area contributed by atoms with Gasteiger partial charge < -0.3 is 9.80 Å². The second kappa shape index (κ2) is 9.43. The Balaban J connectivity index is 1.20. The van der Waals surface area contributed by atoms with Crippen molar-refractivity contribution in [1.82, 2.24) is 14.8 Å². The molecule has 4 heterocycles. The summed E-state index contributed by atoms with van der Waals surface area (Å²) < 4.78 is 0. The highest BCUT2D eigenvalue weighted by atomic mass is 16.1. The number of carbonyl (C=O) groups excluding carboxylic acids is 1. The number of anilines is 1. The summed E-state index contributed by atoms with van der Waals surface area (Å²) in [5.41, 5.74) is 5.10. The zero-order valence-corrected chi connectivity index (χ0v) is 19.7. The molecule has 0 amide bonds. The number of pyridine rings is 1. The van der Waals surface area contributed by atoms with E-state index in [9.17, 15) is 4.79 Å². The van der Waals surface area contributed by atoms with Crippen LogP contribution in [0, 0.1) is 0 Å². The number of carbonyl (C=O) groups is 1. The summed E-state index contributed by atoms with van der Waals surface area (Å²) in [5.74, 6) is 1.73. The van der Waals surface area contributed by atoms with Gasteiger partial charge in [0.05, 0.1) is 18.7 Å². The Hall–Kier alpha value is -3.84. The number of benzene rings is 2. The summed E-state index contributed by atoms with van der Waals surface area (Å²) in [4.78, 5) is 33.7. The number of piperazine rings is 1. The van der Waals surface area contributed by atoms with Crippen LogP contribution >= 0.6 is 0 Å². The topological polar surface area (TPSA) is 64.4 Å². The first kappa shape index (κ1) is 21.7. The predicted molar refractivity (Wildman–Crippen MR) is 139 cm³/mol. The molecule has 0 spiro atoms. The van der Waals surface area contributed by atoms with Gasteiger partial charge in [0.2, 0.25) is 0 Å². The molecular formula is C28H28N6O. The van der Waals surface area contributed by atoms with E-state index < -0.39 is 0 Å². The molecule has 0 aliphatic carbocycles. The molecule has 0 radical (unpaired) electrons. The molecule has 7 heteroatoms. The molecule has 35 heavy (non-hydrogen) atoms. The van der Waals surface area contributed by atoms with Crippen LogP contribution in [-0.4, -0.2) is 71.5 Å². The van der Waals surface area contributed by atoms with Gasteiger partial charge >= 0.3 is 0 Å². The lowest BCUT2D eigenvalue weighted by atomic mass is 10.0. The fourth-order valence-electron chi connectivity index (χ4n) is 5.04. The molecule has 1 fully saturated rings. The van der Waals surface area contributed by atoms with Gasteiger partial charge in [-0.15, -0.1) is 0 Å². The summed E-state index contributed by atoms with van der Waals surface area (Å²) in [6, 6.07) is 20.8. The van der Waals surface area contributed by atoms with Gasteiger partial charge in [-0.1, -0.05) is 30.3 Å². The Kier molecular flexibility index (Phi) is 5.84. The molecule has 0 N–H and O–H groups in total. The number of hydrogen-bond acceptors (Lipinski definition) is 7. The van der Waals surface area contributed by atoms with Crippen LogP contribution in [0.2, 0.25) is 0 Å². The fraction of sp³-hybridized carbons (Fsp3) is 0.286. The van der Waals surface area contributed by atoms with Crippen molar-refractivity contribution >= 4 is 28.8 Å². The molecule has 6 rings (SSSR count). The molecule has 1 saturated heterocycles. The largest absolute Gasteiger partial charge is 0.369 e. The molecular weight excluding hydrogens is 436 g/mol. The third kappa shape index (κ3) is 4.47. The van der Waals surface area contributed by atoms with Crippen LogP contribution in [0.3, 0.4) is 0 Å². The maximum Gasteiger partial charge on any atom is 0.171 e. The number of aliphatic imine (C=N–C) groups is 2. The molecule has 1 aromatic heterocycles. The number of hydrogen-bond donors (Lipinski definition) is 0. The Morgan fingerprint density at radius 1 is 0.914 bits per heavy atom. The SMILES string of the molecule is O=C(CC1=Nc2cc(N3CCN(Cc4ccccc4)CC3)ccc2C2=NCCN12)c1cccnc1. The number of ketones is 1. The Morgan fingerprint density at radius 3 is 2.57 bits per heavy atom. The molecule has 3 aliphatic heterocycles. The van der Waals surface area contributed by atoms with Gasteiger partial charge in [0.25, 0.3) is 0 Å². The van der Waals surface area contributed by atoms with Gasteiger partial charge in [0.1, 0.15) is 11.7 Å². The van der Waals surface area contributed by atoms with Crippen LogP contribution in [0.25, 0.3) is 0 Å². The molecule has 0 bridgehead atoms. The van der Waals surface area contributed by atoms with Crippen molar-refractivity contribution in [3.63, 3.8) is 0 Å². The molecule has 0 atom stereocenters. The first-order valence-electron chi connectivity index (χ1n) is 12.2. The normalized spacial score (nSPS) is 17.5. The molecule has 3 aliphatic rings. The van der Waals surface area contributed by atoms with Crippen molar-refractivity contribution in [2.24, 2.45) is 9.98 Å². The molecule has 2 aromatic carbocycles. The zero-order valence-electron chi connectivity index (χ0n) is 19.7. The van der Waals surface area contributed by atoms with Crippen molar-refractivity contribution < 1.29 is 4.79 Å². The first-order valence-corrected chi connectivity index (χ1v) is 12.2. The minimum Gasteiger partial charge on any atom is -0.369 e. The molecule has 0 saturated carbocycles. The maximum absolute atomic E-state index is 12.9. The summed E-state index contributed by atoms with van der Waals surface area (Å²) in [6.45, 7) is 6.50. The van der Waals surface area contributed by atoms with Crippen molar-refractivity contribution in [1.29, 1.82) is 0 Å². The van der Waals surface area contributed by atoms with Gasteiger partial charge in [-0.25, -0.2) is 4.99 Å². The van der Waals surface area contributed by atoms with E-state index in [0.717, 1.165) is 68.7 Å². The summed E-state index contributed by atoms with van der Waals surface area (Å²) in [7, 11) is 0. The molecule has 176 valence electrons. The highest BCUT2D eigenvalue weighted by molar-refractivity contribution is 6.21. The van der Waals surface area contributed by atoms with Crippen molar-refractivity contribution in [2.75, 3.05) is 44.2 Å². The number of amidine groups is 2. The first-order chi connectivity index (χ1) is 17.2. The van der Waals surface area contributed by atoms with E-state index in [1.165, 1.54) is 11.3 Å². The molecule has 0 unspecified atom stereocenters. The minimum atomic E-state index is 0.0252. The van der Waals surface area contributed by atoms with Crippen LogP contribution in [0.15, 0.2) is 83.0 Å². The number of nitrogens with zero attached hydrogens (tertiary/aromatic N) is 6. The minimum absolute atomic E-state index is 0.0252. The van der Waals surface area contributed by atoms with E-state index >= 15 is 0 Å². The number of aromatic nitrogens is 1. The summed E-state index contributed by atoms with van der Waals surface area (Å²) in [5, 5.41) is 0. The zero-order chi connectivity index (χ0) is 23.6. The van der Waals surface area contributed by atoms with Gasteiger partial charge in [0.15, 0.2) is 5.78 Å². The van der Waals surface area contributed by atoms with Crippen LogP contribution in [0.5, 0.6) is 0 Å². The summed E-state index contributed by atoms with van der Waals surface area (Å²) >= 11 is 0. The van der Waals surface area contributed by atoms with E-state index in [1.54, 1.807) is 24.5 Å². The Labute approximate surface area is 205 Å². The van der Waals surface area contributed by atoms with E-state index in [1.807, 2.05) is 0 Å². The van der Waals surface area contributed by atoms with E-state index in [4.69, 9.17) is 9.98 Å². The van der Waals surface area contributed by atoms with Crippen LogP contribution in [0.1, 0.15) is 27.9 Å². The van der Waals surface area contributed by atoms with Gasteiger partial charge in [-0.05, 0) is 35.9 Å². The third-order valence-electron chi connectivity index (χ3n) is 6.91. The van der Waals surface area contributed by atoms with E-state index in [2.05, 4.69) is 68.2 Å². The maximum atomic E-state index is 12.9. The number of fused-ring (bicyclic) bond motifs is 3. The lowest BCUT2D eigenvalue weighted by Crippen LogP contribution is -2.46. The van der Waals surface area contributed by atoms with Gasteiger partial charge in [0, 0.05) is 68.5 Å². The van der Waals surface area contributed by atoms with E-state index in [0.29, 0.717) is 5.56 Å². The number of Topliss-reactive ketones (excluding diaryl/α,β-unsaturated/α-hetero) is 1. The quantitative estimate of drug-likeness (QED) is 0.520. The standard InChI is InChI=1S/C28H28N6O/c35-26(22-7-4-10-29-19-22)18-27-31-25-17-23(8-9-24(25)28-30-11-12-34(27)28)33-15-13-32(14-16-33)20-21-5-2-1-3-6-21/h1-10,17,19H,11-16,18,20H2. The van der Waals surface area contributed by atoms with Crippen LogP contribution in [-0.2, 0) is 6.54 Å².